The minimum atomic E-state index is -0.867. The van der Waals surface area contributed by atoms with Gasteiger partial charge >= 0.3 is 5.97 Å². The zero-order chi connectivity index (χ0) is 18.2. The molecule has 0 fully saturated rings. The van der Waals surface area contributed by atoms with Gasteiger partial charge in [-0.05, 0) is 29.8 Å². The number of aliphatic carboxylic acids is 1. The van der Waals surface area contributed by atoms with E-state index in [2.05, 4.69) is 10.3 Å². The zero-order valence-corrected chi connectivity index (χ0v) is 14.2. The molecule has 0 radical (unpaired) electrons. The minimum Gasteiger partial charge on any atom is -0.493 e. The van der Waals surface area contributed by atoms with Gasteiger partial charge in [-0.25, -0.2) is 4.98 Å². The monoisotopic (exact) mass is 352 g/mol. The maximum Gasteiger partial charge on any atom is 0.317 e. The van der Waals surface area contributed by atoms with E-state index in [1.54, 1.807) is 6.26 Å². The summed E-state index contributed by atoms with van der Waals surface area (Å²) in [5, 5.41) is 11.4. The molecule has 26 heavy (non-hydrogen) atoms. The van der Waals surface area contributed by atoms with Crippen LogP contribution < -0.4 is 10.1 Å². The Kier molecular flexibility index (Phi) is 6.01. The Bertz CT molecular complexity index is 829. The van der Waals surface area contributed by atoms with Crippen LogP contribution in [0.5, 0.6) is 5.75 Å². The molecule has 0 amide bonds. The highest BCUT2D eigenvalue weighted by Crippen LogP contribution is 2.18. The third kappa shape index (κ3) is 5.19. The number of hydrogen-bond acceptors (Lipinski definition) is 5. The molecule has 0 aliphatic carbocycles. The number of carboxylic acid groups (broad SMARTS) is 1. The lowest BCUT2D eigenvalue weighted by molar-refractivity contribution is -0.135. The molecule has 0 saturated heterocycles. The molecular weight excluding hydrogens is 332 g/mol. The first-order valence-corrected chi connectivity index (χ1v) is 8.35. The number of carboxylic acids is 1. The highest BCUT2D eigenvalue weighted by atomic mass is 16.5. The van der Waals surface area contributed by atoms with E-state index in [1.165, 1.54) is 0 Å². The molecule has 3 rings (SSSR count). The van der Waals surface area contributed by atoms with Crippen LogP contribution in [0.25, 0.3) is 11.5 Å². The molecule has 2 N–H and O–H groups in total. The van der Waals surface area contributed by atoms with Crippen molar-refractivity contribution < 1.29 is 19.1 Å². The molecular formula is C20H20N2O4. The summed E-state index contributed by atoms with van der Waals surface area (Å²) >= 11 is 0. The van der Waals surface area contributed by atoms with E-state index in [0.29, 0.717) is 25.5 Å². The second-order valence-corrected chi connectivity index (χ2v) is 5.75. The average molecular weight is 352 g/mol. The largest absolute Gasteiger partial charge is 0.493 e. The van der Waals surface area contributed by atoms with E-state index in [-0.39, 0.29) is 6.54 Å². The molecule has 0 bridgehead atoms. The third-order valence-electron chi connectivity index (χ3n) is 3.73. The standard InChI is InChI=1S/C20H20N2O4/c23-19(24)13-21-12-15-6-8-18(9-7-15)25-11-10-17-14-26-20(22-17)16-4-2-1-3-5-16/h1-9,14,21H,10-13H2,(H,23,24). The highest BCUT2D eigenvalue weighted by molar-refractivity contribution is 5.69. The van der Waals surface area contributed by atoms with Crippen LogP contribution in [-0.2, 0) is 17.8 Å². The number of oxazole rings is 1. The molecule has 1 heterocycles. The molecule has 2 aromatic carbocycles. The van der Waals surface area contributed by atoms with Crippen LogP contribution in [0.3, 0.4) is 0 Å². The quantitative estimate of drug-likeness (QED) is 0.615. The zero-order valence-electron chi connectivity index (χ0n) is 14.2. The van der Waals surface area contributed by atoms with E-state index in [1.807, 2.05) is 54.6 Å². The summed E-state index contributed by atoms with van der Waals surface area (Å²) in [6, 6.07) is 17.3. The van der Waals surface area contributed by atoms with E-state index >= 15 is 0 Å². The molecule has 0 saturated carbocycles. The minimum absolute atomic E-state index is 0.0546. The second-order valence-electron chi connectivity index (χ2n) is 5.75. The molecule has 6 nitrogen and oxygen atoms in total. The molecule has 0 unspecified atom stereocenters. The van der Waals surface area contributed by atoms with Gasteiger partial charge in [0.25, 0.3) is 0 Å². The van der Waals surface area contributed by atoms with E-state index in [9.17, 15) is 4.79 Å². The van der Waals surface area contributed by atoms with Gasteiger partial charge in [0, 0.05) is 18.5 Å². The third-order valence-corrected chi connectivity index (χ3v) is 3.73. The van der Waals surface area contributed by atoms with Gasteiger partial charge in [-0.15, -0.1) is 0 Å². The normalized spacial score (nSPS) is 10.6. The Labute approximate surface area is 151 Å². The first-order chi connectivity index (χ1) is 12.7. The van der Waals surface area contributed by atoms with Crippen molar-refractivity contribution in [1.29, 1.82) is 0 Å². The molecule has 0 aliphatic rings. The van der Waals surface area contributed by atoms with E-state index in [4.69, 9.17) is 14.3 Å². The Morgan fingerprint density at radius 3 is 2.62 bits per heavy atom. The topological polar surface area (TPSA) is 84.6 Å². The Morgan fingerprint density at radius 1 is 1.12 bits per heavy atom. The molecule has 0 spiro atoms. The predicted octanol–water partition coefficient (Wildman–Crippen LogP) is 3.14. The SMILES string of the molecule is O=C(O)CNCc1ccc(OCCc2coc(-c3ccccc3)n2)cc1. The fraction of sp³-hybridized carbons (Fsp3) is 0.200. The second kappa shape index (κ2) is 8.82. The smallest absolute Gasteiger partial charge is 0.317 e. The number of ether oxygens (including phenoxy) is 1. The van der Waals surface area contributed by atoms with Crippen LogP contribution in [-0.4, -0.2) is 29.2 Å². The maximum atomic E-state index is 10.5. The summed E-state index contributed by atoms with van der Waals surface area (Å²) in [4.78, 5) is 14.9. The van der Waals surface area contributed by atoms with Crippen molar-refractivity contribution in [3.05, 3.63) is 72.1 Å². The number of carbonyl (C=O) groups is 1. The first kappa shape index (κ1) is 17.7. The van der Waals surface area contributed by atoms with Gasteiger partial charge in [-0.3, -0.25) is 4.79 Å². The fourth-order valence-corrected chi connectivity index (χ4v) is 2.43. The van der Waals surface area contributed by atoms with E-state index < -0.39 is 5.97 Å². The Balaban J connectivity index is 1.45. The van der Waals surface area contributed by atoms with Crippen LogP contribution in [0.1, 0.15) is 11.3 Å². The van der Waals surface area contributed by atoms with Crippen molar-refractivity contribution >= 4 is 5.97 Å². The fourth-order valence-electron chi connectivity index (χ4n) is 2.43. The molecule has 3 aromatic rings. The van der Waals surface area contributed by atoms with Gasteiger partial charge in [0.05, 0.1) is 18.8 Å². The van der Waals surface area contributed by atoms with Crippen LogP contribution in [0.2, 0.25) is 0 Å². The van der Waals surface area contributed by atoms with Gasteiger partial charge in [0.2, 0.25) is 5.89 Å². The maximum absolute atomic E-state index is 10.5. The van der Waals surface area contributed by atoms with Gasteiger partial charge in [0.15, 0.2) is 0 Å². The lowest BCUT2D eigenvalue weighted by atomic mass is 10.2. The Morgan fingerprint density at radius 2 is 1.88 bits per heavy atom. The lowest BCUT2D eigenvalue weighted by Gasteiger charge is -2.06. The molecule has 0 atom stereocenters. The average Bonchev–Trinajstić information content (AvgIpc) is 3.12. The molecule has 134 valence electrons. The van der Waals surface area contributed by atoms with Crippen LogP contribution >= 0.6 is 0 Å². The van der Waals surface area contributed by atoms with Crippen LogP contribution in [0.4, 0.5) is 0 Å². The molecule has 0 aliphatic heterocycles. The Hall–Kier alpha value is -3.12. The summed E-state index contributed by atoms with van der Waals surface area (Å²) in [5.74, 6) is 0.505. The number of nitrogens with one attached hydrogen (secondary N) is 1. The number of nitrogens with zero attached hydrogens (tertiary/aromatic N) is 1. The first-order valence-electron chi connectivity index (χ1n) is 8.35. The van der Waals surface area contributed by atoms with Crippen molar-refractivity contribution in [2.45, 2.75) is 13.0 Å². The van der Waals surface area contributed by atoms with Gasteiger partial charge < -0.3 is 19.6 Å². The molecule has 6 heteroatoms. The number of aromatic nitrogens is 1. The summed E-state index contributed by atoms with van der Waals surface area (Å²) in [7, 11) is 0. The van der Waals surface area contributed by atoms with Crippen molar-refractivity contribution in [2.24, 2.45) is 0 Å². The van der Waals surface area contributed by atoms with Crippen molar-refractivity contribution in [3.63, 3.8) is 0 Å². The van der Waals surface area contributed by atoms with Crippen LogP contribution in [0.15, 0.2) is 65.3 Å². The summed E-state index contributed by atoms with van der Waals surface area (Å²) < 4.78 is 11.2. The number of benzene rings is 2. The summed E-state index contributed by atoms with van der Waals surface area (Å²) in [5.41, 5.74) is 2.80. The van der Waals surface area contributed by atoms with Crippen molar-refractivity contribution in [1.82, 2.24) is 10.3 Å². The predicted molar refractivity (Wildman–Crippen MR) is 96.9 cm³/mol. The lowest BCUT2D eigenvalue weighted by Crippen LogP contribution is -2.21. The van der Waals surface area contributed by atoms with Crippen LogP contribution in [0, 0.1) is 0 Å². The van der Waals surface area contributed by atoms with Crippen molar-refractivity contribution in [2.75, 3.05) is 13.2 Å². The van der Waals surface area contributed by atoms with Crippen molar-refractivity contribution in [3.8, 4) is 17.2 Å². The number of hydrogen-bond donors (Lipinski definition) is 2. The highest BCUT2D eigenvalue weighted by Gasteiger charge is 2.06. The van der Waals surface area contributed by atoms with Gasteiger partial charge in [0.1, 0.15) is 12.0 Å². The van der Waals surface area contributed by atoms with E-state index in [0.717, 1.165) is 22.6 Å². The van der Waals surface area contributed by atoms with Gasteiger partial charge in [-0.2, -0.15) is 0 Å². The number of rotatable bonds is 9. The molecule has 1 aromatic heterocycles. The van der Waals surface area contributed by atoms with Gasteiger partial charge in [-0.1, -0.05) is 30.3 Å². The summed E-state index contributed by atoms with van der Waals surface area (Å²) in [6.07, 6.45) is 2.31. The summed E-state index contributed by atoms with van der Waals surface area (Å²) in [6.45, 7) is 0.950.